The van der Waals surface area contributed by atoms with E-state index < -0.39 is 0 Å². The third-order valence-corrected chi connectivity index (χ3v) is 9.08. The summed E-state index contributed by atoms with van der Waals surface area (Å²) < 4.78 is 6.47. The molecule has 2 heterocycles. The van der Waals surface area contributed by atoms with Gasteiger partial charge in [-0.1, -0.05) is 11.3 Å². The van der Waals surface area contributed by atoms with Crippen molar-refractivity contribution < 1.29 is 14.3 Å². The van der Waals surface area contributed by atoms with Crippen molar-refractivity contribution >= 4 is 44.3 Å². The van der Waals surface area contributed by atoms with Gasteiger partial charge >= 0.3 is 6.03 Å². The fourth-order valence-electron chi connectivity index (χ4n) is 6.94. The molecule has 182 valence electrons. The number of hydrogen-bond acceptors (Lipinski definition) is 6. The number of carbonyl (C=O) groups is 2. The first kappa shape index (κ1) is 22.1. The lowest BCUT2D eigenvalue weighted by atomic mass is 9.53. The molecule has 9 heteroatoms. The normalized spacial score (nSPS) is 29.9. The standard InChI is InChI=1S/C25H33N5O3S/c31-22(3-4-26-23(32)29-25-13-16-9-17(14-25)11-18(10-16)15-25)27-19-1-2-20-21(12-19)34-24(28-20)30-5-7-33-8-6-30/h1-2,12,16-18H,3-11,13-15H2,(H,27,31)(H2,26,29,32). The number of rotatable bonds is 6. The van der Waals surface area contributed by atoms with Crippen LogP contribution in [0.25, 0.3) is 10.2 Å². The van der Waals surface area contributed by atoms with Gasteiger partial charge in [0.1, 0.15) is 0 Å². The first-order chi connectivity index (χ1) is 16.5. The summed E-state index contributed by atoms with van der Waals surface area (Å²) in [5.41, 5.74) is 1.69. The van der Waals surface area contributed by atoms with Gasteiger partial charge in [-0.05, 0) is 74.5 Å². The Morgan fingerprint density at radius 1 is 1.09 bits per heavy atom. The van der Waals surface area contributed by atoms with Crippen LogP contribution in [0.3, 0.4) is 0 Å². The van der Waals surface area contributed by atoms with Crippen LogP contribution in [-0.4, -0.2) is 55.3 Å². The summed E-state index contributed by atoms with van der Waals surface area (Å²) in [6, 6.07) is 5.68. The van der Waals surface area contributed by atoms with Crippen molar-refractivity contribution in [1.29, 1.82) is 0 Å². The van der Waals surface area contributed by atoms with E-state index in [4.69, 9.17) is 9.72 Å². The Morgan fingerprint density at radius 2 is 1.79 bits per heavy atom. The smallest absolute Gasteiger partial charge is 0.315 e. The van der Waals surface area contributed by atoms with Crippen molar-refractivity contribution in [2.75, 3.05) is 43.1 Å². The van der Waals surface area contributed by atoms with Crippen LogP contribution in [0.5, 0.6) is 0 Å². The Labute approximate surface area is 203 Å². The predicted molar refractivity (Wildman–Crippen MR) is 133 cm³/mol. The minimum atomic E-state index is -0.128. The monoisotopic (exact) mass is 483 g/mol. The van der Waals surface area contributed by atoms with Crippen LogP contribution in [0.1, 0.15) is 44.9 Å². The average Bonchev–Trinajstić information content (AvgIpc) is 3.22. The molecule has 1 aliphatic heterocycles. The number of thiazole rings is 1. The van der Waals surface area contributed by atoms with Gasteiger partial charge in [0.15, 0.2) is 5.13 Å². The zero-order valence-electron chi connectivity index (χ0n) is 19.5. The number of carbonyl (C=O) groups excluding carboxylic acids is 2. The molecule has 4 saturated carbocycles. The van der Waals surface area contributed by atoms with Gasteiger partial charge in [-0.2, -0.15) is 0 Å². The quantitative estimate of drug-likeness (QED) is 0.582. The van der Waals surface area contributed by atoms with Gasteiger partial charge in [0.2, 0.25) is 5.91 Å². The molecule has 0 unspecified atom stereocenters. The van der Waals surface area contributed by atoms with Crippen LogP contribution in [0.4, 0.5) is 15.6 Å². The number of hydrogen-bond donors (Lipinski definition) is 3. The molecule has 4 aliphatic carbocycles. The zero-order valence-corrected chi connectivity index (χ0v) is 20.3. The topological polar surface area (TPSA) is 95.6 Å². The van der Waals surface area contributed by atoms with E-state index in [-0.39, 0.29) is 23.9 Å². The highest BCUT2D eigenvalue weighted by atomic mass is 32.1. The SMILES string of the molecule is O=C(CCNC(=O)NC12CC3CC(CC(C3)C1)C2)Nc1ccc2nc(N3CCOCC3)sc2c1. The molecule has 7 rings (SSSR count). The van der Waals surface area contributed by atoms with Crippen LogP contribution >= 0.6 is 11.3 Å². The summed E-state index contributed by atoms with van der Waals surface area (Å²) >= 11 is 1.64. The maximum atomic E-state index is 12.6. The average molecular weight is 484 g/mol. The van der Waals surface area contributed by atoms with Gasteiger partial charge < -0.3 is 25.6 Å². The van der Waals surface area contributed by atoms with Gasteiger partial charge in [0.25, 0.3) is 0 Å². The molecule has 0 spiro atoms. The summed E-state index contributed by atoms with van der Waals surface area (Å²) in [5, 5.41) is 10.2. The number of aromatic nitrogens is 1. The summed E-state index contributed by atoms with van der Waals surface area (Å²) in [7, 11) is 0. The van der Waals surface area contributed by atoms with E-state index in [1.54, 1.807) is 11.3 Å². The molecule has 0 atom stereocenters. The number of amides is 3. The Hall–Kier alpha value is -2.39. The van der Waals surface area contributed by atoms with E-state index in [0.717, 1.165) is 84.4 Å². The van der Waals surface area contributed by atoms with Gasteiger partial charge in [-0.3, -0.25) is 4.79 Å². The molecule has 3 N–H and O–H groups in total. The van der Waals surface area contributed by atoms with Gasteiger partial charge in [-0.15, -0.1) is 0 Å². The minimum Gasteiger partial charge on any atom is -0.378 e. The van der Waals surface area contributed by atoms with Crippen LogP contribution in [-0.2, 0) is 9.53 Å². The van der Waals surface area contributed by atoms with Crippen LogP contribution in [0.15, 0.2) is 18.2 Å². The molecule has 1 saturated heterocycles. The summed E-state index contributed by atoms with van der Waals surface area (Å²) in [6.07, 6.45) is 7.68. The predicted octanol–water partition coefficient (Wildman–Crippen LogP) is 3.73. The van der Waals surface area contributed by atoms with E-state index in [1.165, 1.54) is 19.3 Å². The summed E-state index contributed by atoms with van der Waals surface area (Å²) in [4.78, 5) is 32.0. The highest BCUT2D eigenvalue weighted by molar-refractivity contribution is 7.22. The molecule has 8 nitrogen and oxygen atoms in total. The highest BCUT2D eigenvalue weighted by Crippen LogP contribution is 2.55. The van der Waals surface area contributed by atoms with Gasteiger partial charge in [0.05, 0.1) is 23.4 Å². The Balaban J connectivity index is 0.983. The van der Waals surface area contributed by atoms with E-state index in [2.05, 4.69) is 20.9 Å². The molecule has 5 fully saturated rings. The molecular weight excluding hydrogens is 450 g/mol. The Morgan fingerprint density at radius 3 is 2.50 bits per heavy atom. The van der Waals surface area contributed by atoms with Crippen molar-refractivity contribution in [2.24, 2.45) is 17.8 Å². The third-order valence-electron chi connectivity index (χ3n) is 8.00. The number of urea groups is 1. The number of nitrogens with zero attached hydrogens (tertiary/aromatic N) is 2. The number of benzene rings is 1. The fourth-order valence-corrected chi connectivity index (χ4v) is 8.00. The third kappa shape index (κ3) is 4.60. The second kappa shape index (κ2) is 9.00. The molecule has 1 aromatic carbocycles. The molecule has 2 aromatic rings. The van der Waals surface area contributed by atoms with E-state index >= 15 is 0 Å². The lowest BCUT2D eigenvalue weighted by Crippen LogP contribution is -2.61. The van der Waals surface area contributed by atoms with Crippen molar-refractivity contribution in [3.63, 3.8) is 0 Å². The number of nitrogens with one attached hydrogen (secondary N) is 3. The molecule has 1 aromatic heterocycles. The molecule has 34 heavy (non-hydrogen) atoms. The molecule has 4 bridgehead atoms. The van der Waals surface area contributed by atoms with Crippen LogP contribution < -0.4 is 20.9 Å². The van der Waals surface area contributed by atoms with Crippen molar-refractivity contribution in [3.05, 3.63) is 18.2 Å². The first-order valence-electron chi connectivity index (χ1n) is 12.6. The second-order valence-corrected chi connectivity index (χ2v) is 11.7. The zero-order chi connectivity index (χ0) is 23.1. The van der Waals surface area contributed by atoms with Gasteiger partial charge in [-0.25, -0.2) is 9.78 Å². The lowest BCUT2D eigenvalue weighted by Gasteiger charge is -2.56. The summed E-state index contributed by atoms with van der Waals surface area (Å²) in [6.45, 7) is 3.49. The van der Waals surface area contributed by atoms with Crippen LogP contribution in [0.2, 0.25) is 0 Å². The maximum absolute atomic E-state index is 12.6. The van der Waals surface area contributed by atoms with Crippen molar-refractivity contribution in [1.82, 2.24) is 15.6 Å². The second-order valence-electron chi connectivity index (χ2n) is 10.7. The maximum Gasteiger partial charge on any atom is 0.315 e. The van der Waals surface area contributed by atoms with E-state index in [1.807, 2.05) is 18.2 Å². The van der Waals surface area contributed by atoms with E-state index in [0.29, 0.717) is 6.54 Å². The Bertz CT molecular complexity index is 1040. The van der Waals surface area contributed by atoms with Crippen molar-refractivity contribution in [3.8, 4) is 0 Å². The lowest BCUT2D eigenvalue weighted by molar-refractivity contribution is -0.116. The molecule has 0 radical (unpaired) electrons. The summed E-state index contributed by atoms with van der Waals surface area (Å²) in [5.74, 6) is 2.27. The number of morpholine rings is 1. The first-order valence-corrected chi connectivity index (χ1v) is 13.4. The van der Waals surface area contributed by atoms with Crippen molar-refractivity contribution in [2.45, 2.75) is 50.5 Å². The number of anilines is 2. The minimum absolute atomic E-state index is 0.00861. The fraction of sp³-hybridized carbons (Fsp3) is 0.640. The Kier molecular flexibility index (Phi) is 5.85. The van der Waals surface area contributed by atoms with Gasteiger partial charge in [0, 0.05) is 37.3 Å². The molecular formula is C25H33N5O3S. The number of ether oxygens (including phenoxy) is 1. The van der Waals surface area contributed by atoms with Crippen LogP contribution in [0, 0.1) is 17.8 Å². The van der Waals surface area contributed by atoms with E-state index in [9.17, 15) is 9.59 Å². The largest absolute Gasteiger partial charge is 0.378 e. The number of fused-ring (bicyclic) bond motifs is 1. The molecule has 3 amide bonds. The highest BCUT2D eigenvalue weighted by Gasteiger charge is 2.51. The molecule has 5 aliphatic rings.